The Morgan fingerprint density at radius 2 is 2.14 bits per heavy atom. The van der Waals surface area contributed by atoms with Gasteiger partial charge >= 0.3 is 0 Å². The molecule has 0 aliphatic carbocycles. The van der Waals surface area contributed by atoms with Gasteiger partial charge in [0, 0.05) is 23.9 Å². The summed E-state index contributed by atoms with van der Waals surface area (Å²) < 4.78 is 7.53. The quantitative estimate of drug-likeness (QED) is 0.849. The van der Waals surface area contributed by atoms with Gasteiger partial charge < -0.3 is 10.1 Å². The van der Waals surface area contributed by atoms with Gasteiger partial charge in [-0.1, -0.05) is 19.1 Å². The number of ether oxygens (including phenoxy) is 1. The first-order valence-electron chi connectivity index (χ1n) is 7.59. The highest BCUT2D eigenvalue weighted by Crippen LogP contribution is 2.30. The van der Waals surface area contributed by atoms with E-state index in [1.54, 1.807) is 7.11 Å². The Labute approximate surface area is 127 Å². The lowest BCUT2D eigenvalue weighted by Crippen LogP contribution is -2.23. The average molecular weight is 287 g/mol. The van der Waals surface area contributed by atoms with Gasteiger partial charge in [-0.05, 0) is 38.4 Å². The van der Waals surface area contributed by atoms with Crippen LogP contribution in [0, 0.1) is 6.92 Å². The van der Waals surface area contributed by atoms with E-state index < -0.39 is 0 Å². The van der Waals surface area contributed by atoms with Crippen molar-refractivity contribution in [1.82, 2.24) is 15.1 Å². The molecule has 114 valence electrons. The predicted molar refractivity (Wildman–Crippen MR) is 85.8 cm³/mol. The first-order valence-corrected chi connectivity index (χ1v) is 7.59. The Morgan fingerprint density at radius 3 is 2.76 bits per heavy atom. The standard InChI is InChI=1S/C17H25N3O/c1-5-9-18-17(14-11-19-20(6-2)12-14)15-8-7-13(3)10-16(15)21-4/h7-8,10-12,17-18H,5-6,9H2,1-4H3. The molecule has 0 saturated carbocycles. The number of aryl methyl sites for hydroxylation is 2. The first kappa shape index (κ1) is 15.6. The minimum atomic E-state index is 0.112. The van der Waals surface area contributed by atoms with Crippen LogP contribution in [0.5, 0.6) is 5.75 Å². The van der Waals surface area contributed by atoms with Gasteiger partial charge in [0.25, 0.3) is 0 Å². The fourth-order valence-electron chi connectivity index (χ4n) is 2.45. The van der Waals surface area contributed by atoms with Crippen molar-refractivity contribution >= 4 is 0 Å². The molecule has 0 spiro atoms. The lowest BCUT2D eigenvalue weighted by Gasteiger charge is -2.20. The molecule has 1 atom stereocenters. The summed E-state index contributed by atoms with van der Waals surface area (Å²) >= 11 is 0. The van der Waals surface area contributed by atoms with Crippen LogP contribution in [0.25, 0.3) is 0 Å². The largest absolute Gasteiger partial charge is 0.496 e. The predicted octanol–water partition coefficient (Wildman–Crippen LogP) is 3.31. The van der Waals surface area contributed by atoms with Gasteiger partial charge in [-0.3, -0.25) is 4.68 Å². The molecule has 2 aromatic rings. The molecule has 0 saturated heterocycles. The van der Waals surface area contributed by atoms with E-state index in [1.165, 1.54) is 11.1 Å². The Hall–Kier alpha value is -1.81. The second-order valence-electron chi connectivity index (χ2n) is 5.26. The number of hydrogen-bond donors (Lipinski definition) is 1. The first-order chi connectivity index (χ1) is 10.2. The summed E-state index contributed by atoms with van der Waals surface area (Å²) in [5, 5.41) is 8.00. The lowest BCUT2D eigenvalue weighted by atomic mass is 9.99. The van der Waals surface area contributed by atoms with E-state index in [-0.39, 0.29) is 6.04 Å². The summed E-state index contributed by atoms with van der Waals surface area (Å²) in [6.45, 7) is 8.18. The molecule has 0 fully saturated rings. The smallest absolute Gasteiger partial charge is 0.124 e. The molecule has 4 heteroatoms. The molecule has 0 aliphatic heterocycles. The van der Waals surface area contributed by atoms with Crippen molar-refractivity contribution in [1.29, 1.82) is 0 Å². The molecule has 2 rings (SSSR count). The van der Waals surface area contributed by atoms with Crippen molar-refractivity contribution < 1.29 is 4.74 Å². The normalized spacial score (nSPS) is 12.4. The maximum atomic E-state index is 5.57. The van der Waals surface area contributed by atoms with E-state index in [0.717, 1.165) is 30.8 Å². The highest BCUT2D eigenvalue weighted by molar-refractivity contribution is 5.43. The summed E-state index contributed by atoms with van der Waals surface area (Å²) in [6.07, 6.45) is 5.13. The Bertz CT molecular complexity index is 577. The number of hydrogen-bond acceptors (Lipinski definition) is 3. The third-order valence-corrected chi connectivity index (χ3v) is 3.61. The van der Waals surface area contributed by atoms with Gasteiger partial charge in [-0.2, -0.15) is 5.10 Å². The number of nitrogens with one attached hydrogen (secondary N) is 1. The van der Waals surface area contributed by atoms with E-state index in [2.05, 4.69) is 55.6 Å². The van der Waals surface area contributed by atoms with E-state index in [9.17, 15) is 0 Å². The van der Waals surface area contributed by atoms with Gasteiger partial charge in [0.2, 0.25) is 0 Å². The molecule has 1 heterocycles. The minimum Gasteiger partial charge on any atom is -0.496 e. The second kappa shape index (κ2) is 7.27. The van der Waals surface area contributed by atoms with E-state index in [4.69, 9.17) is 4.74 Å². The maximum absolute atomic E-state index is 5.57. The molecule has 1 aromatic heterocycles. The van der Waals surface area contributed by atoms with Crippen LogP contribution < -0.4 is 10.1 Å². The number of nitrogens with zero attached hydrogens (tertiary/aromatic N) is 2. The van der Waals surface area contributed by atoms with E-state index in [0.29, 0.717) is 0 Å². The average Bonchev–Trinajstić information content (AvgIpc) is 2.97. The zero-order valence-corrected chi connectivity index (χ0v) is 13.4. The SMILES string of the molecule is CCCNC(c1cnn(CC)c1)c1ccc(C)cc1OC. The van der Waals surface area contributed by atoms with Crippen molar-refractivity contribution in [3.8, 4) is 5.75 Å². The molecule has 0 bridgehead atoms. The molecule has 21 heavy (non-hydrogen) atoms. The Kier molecular flexibility index (Phi) is 5.39. The molecule has 1 N–H and O–H groups in total. The van der Waals surface area contributed by atoms with Crippen LogP contribution in [0.15, 0.2) is 30.6 Å². The second-order valence-corrected chi connectivity index (χ2v) is 5.26. The summed E-state index contributed by atoms with van der Waals surface area (Å²) in [5.74, 6) is 0.924. The van der Waals surface area contributed by atoms with Crippen LogP contribution in [0.3, 0.4) is 0 Å². The summed E-state index contributed by atoms with van der Waals surface area (Å²) in [6, 6.07) is 6.47. The van der Waals surface area contributed by atoms with Crippen LogP contribution in [-0.2, 0) is 6.54 Å². The summed E-state index contributed by atoms with van der Waals surface area (Å²) in [4.78, 5) is 0. The Balaban J connectivity index is 2.39. The molecule has 0 aliphatic rings. The summed E-state index contributed by atoms with van der Waals surface area (Å²) in [7, 11) is 1.73. The van der Waals surface area contributed by atoms with Gasteiger partial charge in [0.05, 0.1) is 19.3 Å². The van der Waals surface area contributed by atoms with Crippen molar-refractivity contribution in [3.05, 3.63) is 47.3 Å². The fraction of sp³-hybridized carbons (Fsp3) is 0.471. The van der Waals surface area contributed by atoms with Crippen LogP contribution >= 0.6 is 0 Å². The molecular weight excluding hydrogens is 262 g/mol. The highest BCUT2D eigenvalue weighted by atomic mass is 16.5. The van der Waals surface area contributed by atoms with Crippen molar-refractivity contribution in [2.45, 2.75) is 39.8 Å². The van der Waals surface area contributed by atoms with Crippen molar-refractivity contribution in [2.75, 3.05) is 13.7 Å². The number of rotatable bonds is 7. The van der Waals surface area contributed by atoms with Gasteiger partial charge in [-0.15, -0.1) is 0 Å². The minimum absolute atomic E-state index is 0.112. The maximum Gasteiger partial charge on any atom is 0.124 e. The van der Waals surface area contributed by atoms with Crippen molar-refractivity contribution in [3.63, 3.8) is 0 Å². The molecule has 1 unspecified atom stereocenters. The van der Waals surface area contributed by atoms with Crippen LogP contribution in [0.4, 0.5) is 0 Å². The van der Waals surface area contributed by atoms with Gasteiger partial charge in [-0.25, -0.2) is 0 Å². The molecular formula is C17H25N3O. The van der Waals surface area contributed by atoms with E-state index >= 15 is 0 Å². The highest BCUT2D eigenvalue weighted by Gasteiger charge is 2.19. The van der Waals surface area contributed by atoms with Gasteiger partial charge in [0.15, 0.2) is 0 Å². The van der Waals surface area contributed by atoms with Crippen LogP contribution in [0.2, 0.25) is 0 Å². The van der Waals surface area contributed by atoms with Crippen LogP contribution in [-0.4, -0.2) is 23.4 Å². The lowest BCUT2D eigenvalue weighted by molar-refractivity contribution is 0.403. The topological polar surface area (TPSA) is 39.1 Å². The number of benzene rings is 1. The molecule has 0 radical (unpaired) electrons. The number of methoxy groups -OCH3 is 1. The van der Waals surface area contributed by atoms with E-state index in [1.807, 2.05) is 10.9 Å². The third-order valence-electron chi connectivity index (χ3n) is 3.61. The zero-order valence-electron chi connectivity index (χ0n) is 13.4. The molecule has 4 nitrogen and oxygen atoms in total. The van der Waals surface area contributed by atoms with Crippen molar-refractivity contribution in [2.24, 2.45) is 0 Å². The van der Waals surface area contributed by atoms with Gasteiger partial charge in [0.1, 0.15) is 5.75 Å². The number of aromatic nitrogens is 2. The monoisotopic (exact) mass is 287 g/mol. The zero-order chi connectivity index (χ0) is 15.2. The fourth-order valence-corrected chi connectivity index (χ4v) is 2.45. The Morgan fingerprint density at radius 1 is 1.33 bits per heavy atom. The van der Waals surface area contributed by atoms with Crippen LogP contribution in [0.1, 0.15) is 43.0 Å². The molecule has 0 amide bonds. The molecule has 1 aromatic carbocycles. The third kappa shape index (κ3) is 3.64. The summed E-state index contributed by atoms with van der Waals surface area (Å²) in [5.41, 5.74) is 3.54.